The van der Waals surface area contributed by atoms with E-state index in [9.17, 15) is 14.4 Å². The number of aromatic nitrogens is 2. The Morgan fingerprint density at radius 1 is 0.806 bits per heavy atom. The minimum absolute atomic E-state index is 0.0978. The lowest BCUT2D eigenvalue weighted by molar-refractivity contribution is 0.0523. The molecule has 0 atom stereocenters. The molecule has 0 radical (unpaired) electrons. The summed E-state index contributed by atoms with van der Waals surface area (Å²) in [5.41, 5.74) is 1.68. The SMILES string of the molecule is CCOC(=O)c1c(-c2ccccc2)c(-c2ccccc2)nn(CC(=O)c2ccc(OCC)cc2)c1=O. The van der Waals surface area contributed by atoms with Crippen LogP contribution in [0.2, 0.25) is 0 Å². The number of Topliss-reactive ketones (excluding diaryl/α,β-unsaturated/α-hetero) is 1. The van der Waals surface area contributed by atoms with Crippen LogP contribution in [0.3, 0.4) is 0 Å². The van der Waals surface area contributed by atoms with Gasteiger partial charge in [-0.2, -0.15) is 5.10 Å². The standard InChI is InChI=1S/C29H26N2O5/c1-3-35-23-17-15-20(16-18-23)24(32)19-31-28(33)26(29(34)36-4-2)25(21-11-7-5-8-12-21)27(30-31)22-13-9-6-10-14-22/h5-18H,3-4,19H2,1-2H3. The van der Waals surface area contributed by atoms with Gasteiger partial charge in [-0.1, -0.05) is 60.7 Å². The molecule has 7 nitrogen and oxygen atoms in total. The Balaban J connectivity index is 1.88. The first kappa shape index (κ1) is 24.6. The summed E-state index contributed by atoms with van der Waals surface area (Å²) in [6.07, 6.45) is 0. The molecule has 0 saturated heterocycles. The average Bonchev–Trinajstić information content (AvgIpc) is 2.91. The molecule has 4 rings (SSSR count). The number of esters is 1. The molecule has 1 aromatic heterocycles. The zero-order valence-electron chi connectivity index (χ0n) is 20.1. The van der Waals surface area contributed by atoms with E-state index < -0.39 is 11.5 Å². The maximum atomic E-state index is 13.6. The number of carbonyl (C=O) groups is 2. The van der Waals surface area contributed by atoms with Gasteiger partial charge in [-0.3, -0.25) is 9.59 Å². The molecule has 182 valence electrons. The summed E-state index contributed by atoms with van der Waals surface area (Å²) in [6, 6.07) is 25.0. The second-order valence-corrected chi connectivity index (χ2v) is 7.89. The number of benzene rings is 3. The fourth-order valence-corrected chi connectivity index (χ4v) is 3.89. The van der Waals surface area contributed by atoms with Gasteiger partial charge >= 0.3 is 5.97 Å². The van der Waals surface area contributed by atoms with Gasteiger partial charge in [0.2, 0.25) is 0 Å². The topological polar surface area (TPSA) is 87.5 Å². The third-order valence-electron chi connectivity index (χ3n) is 5.53. The molecule has 0 N–H and O–H groups in total. The predicted molar refractivity (Wildman–Crippen MR) is 137 cm³/mol. The second kappa shape index (κ2) is 11.3. The zero-order valence-corrected chi connectivity index (χ0v) is 20.1. The van der Waals surface area contributed by atoms with Gasteiger partial charge in [-0.15, -0.1) is 0 Å². The number of carbonyl (C=O) groups excluding carboxylic acids is 2. The van der Waals surface area contributed by atoms with Crippen molar-refractivity contribution in [2.45, 2.75) is 20.4 Å². The molecule has 0 bridgehead atoms. The van der Waals surface area contributed by atoms with Crippen LogP contribution < -0.4 is 10.3 Å². The average molecular weight is 483 g/mol. The Morgan fingerprint density at radius 2 is 1.42 bits per heavy atom. The highest BCUT2D eigenvalue weighted by Crippen LogP contribution is 2.32. The maximum absolute atomic E-state index is 13.6. The van der Waals surface area contributed by atoms with Gasteiger partial charge in [0.15, 0.2) is 5.78 Å². The normalized spacial score (nSPS) is 10.6. The summed E-state index contributed by atoms with van der Waals surface area (Å²) in [4.78, 5) is 39.8. The van der Waals surface area contributed by atoms with Crippen molar-refractivity contribution in [2.24, 2.45) is 0 Å². The highest BCUT2D eigenvalue weighted by Gasteiger charge is 2.27. The maximum Gasteiger partial charge on any atom is 0.344 e. The van der Waals surface area contributed by atoms with Gasteiger partial charge in [0, 0.05) is 16.7 Å². The van der Waals surface area contributed by atoms with Gasteiger partial charge in [-0.25, -0.2) is 9.48 Å². The molecule has 4 aromatic rings. The number of hydrogen-bond donors (Lipinski definition) is 0. The van der Waals surface area contributed by atoms with Crippen molar-refractivity contribution in [1.82, 2.24) is 9.78 Å². The molecule has 0 aliphatic rings. The van der Waals surface area contributed by atoms with E-state index in [0.29, 0.717) is 40.3 Å². The first-order chi connectivity index (χ1) is 17.5. The number of hydrogen-bond acceptors (Lipinski definition) is 6. The van der Waals surface area contributed by atoms with E-state index in [1.807, 2.05) is 55.5 Å². The molecule has 0 aliphatic heterocycles. The van der Waals surface area contributed by atoms with Crippen molar-refractivity contribution in [3.8, 4) is 28.1 Å². The molecule has 7 heteroatoms. The Labute approximate surface area is 208 Å². The van der Waals surface area contributed by atoms with Crippen LogP contribution in [0.1, 0.15) is 34.6 Å². The Morgan fingerprint density at radius 3 is 2.00 bits per heavy atom. The summed E-state index contributed by atoms with van der Waals surface area (Å²) in [6.45, 7) is 3.82. The van der Waals surface area contributed by atoms with E-state index in [0.717, 1.165) is 4.68 Å². The largest absolute Gasteiger partial charge is 0.494 e. The van der Waals surface area contributed by atoms with E-state index >= 15 is 0 Å². The van der Waals surface area contributed by atoms with E-state index in [-0.39, 0.29) is 24.5 Å². The summed E-state index contributed by atoms with van der Waals surface area (Å²) >= 11 is 0. The van der Waals surface area contributed by atoms with Crippen LogP contribution in [0.25, 0.3) is 22.4 Å². The van der Waals surface area contributed by atoms with E-state index in [2.05, 4.69) is 5.10 Å². The summed E-state index contributed by atoms with van der Waals surface area (Å²) in [7, 11) is 0. The first-order valence-electron chi connectivity index (χ1n) is 11.7. The van der Waals surface area contributed by atoms with Crippen molar-refractivity contribution >= 4 is 11.8 Å². The molecule has 0 saturated carbocycles. The van der Waals surface area contributed by atoms with Crippen LogP contribution in [-0.2, 0) is 11.3 Å². The van der Waals surface area contributed by atoms with E-state index in [4.69, 9.17) is 9.47 Å². The molecular formula is C29H26N2O5. The predicted octanol–water partition coefficient (Wildman–Crippen LogP) is 5.04. The van der Waals surface area contributed by atoms with Crippen LogP contribution in [-0.4, -0.2) is 34.7 Å². The highest BCUT2D eigenvalue weighted by molar-refractivity contribution is 6.01. The molecule has 1 heterocycles. The Bertz CT molecular complexity index is 1410. The molecule has 0 spiro atoms. The van der Waals surface area contributed by atoms with Crippen molar-refractivity contribution in [2.75, 3.05) is 13.2 Å². The van der Waals surface area contributed by atoms with E-state index in [1.54, 1.807) is 43.3 Å². The second-order valence-electron chi connectivity index (χ2n) is 7.89. The number of rotatable bonds is 9. The third-order valence-corrected chi connectivity index (χ3v) is 5.53. The van der Waals surface area contributed by atoms with E-state index in [1.165, 1.54) is 0 Å². The molecule has 0 aliphatic carbocycles. The van der Waals surface area contributed by atoms with Crippen molar-refractivity contribution in [1.29, 1.82) is 0 Å². The van der Waals surface area contributed by atoms with Crippen molar-refractivity contribution in [3.05, 3.63) is 106 Å². The third kappa shape index (κ3) is 5.25. The number of nitrogens with zero attached hydrogens (tertiary/aromatic N) is 2. The molecule has 0 fully saturated rings. The summed E-state index contributed by atoms with van der Waals surface area (Å²) in [5, 5.41) is 4.59. The Hall–Kier alpha value is -4.52. The quantitative estimate of drug-likeness (QED) is 0.245. The van der Waals surface area contributed by atoms with Crippen LogP contribution in [0.15, 0.2) is 89.7 Å². The van der Waals surface area contributed by atoms with Gasteiger partial charge in [0.05, 0.1) is 18.9 Å². The van der Waals surface area contributed by atoms with Crippen molar-refractivity contribution in [3.63, 3.8) is 0 Å². The van der Waals surface area contributed by atoms with Crippen molar-refractivity contribution < 1.29 is 19.1 Å². The summed E-state index contributed by atoms with van der Waals surface area (Å²) < 4.78 is 11.7. The molecular weight excluding hydrogens is 456 g/mol. The minimum Gasteiger partial charge on any atom is -0.494 e. The van der Waals surface area contributed by atoms with Gasteiger partial charge in [0.25, 0.3) is 5.56 Å². The van der Waals surface area contributed by atoms with Gasteiger partial charge in [-0.05, 0) is 43.7 Å². The van der Waals surface area contributed by atoms with Crippen LogP contribution in [0.5, 0.6) is 5.75 Å². The lowest BCUT2D eigenvalue weighted by Crippen LogP contribution is -2.33. The smallest absolute Gasteiger partial charge is 0.344 e. The fourth-order valence-electron chi connectivity index (χ4n) is 3.89. The lowest BCUT2D eigenvalue weighted by atomic mass is 9.95. The van der Waals surface area contributed by atoms with Crippen LogP contribution in [0, 0.1) is 0 Å². The molecule has 3 aromatic carbocycles. The monoisotopic (exact) mass is 482 g/mol. The van der Waals surface area contributed by atoms with Gasteiger partial charge < -0.3 is 9.47 Å². The summed E-state index contributed by atoms with van der Waals surface area (Å²) in [5.74, 6) is -0.440. The Kier molecular flexibility index (Phi) is 7.70. The minimum atomic E-state index is -0.761. The van der Waals surface area contributed by atoms with Crippen LogP contribution >= 0.6 is 0 Å². The molecule has 0 amide bonds. The molecule has 36 heavy (non-hydrogen) atoms. The number of ether oxygens (including phenoxy) is 2. The zero-order chi connectivity index (χ0) is 25.5. The fraction of sp³-hybridized carbons (Fsp3) is 0.172. The highest BCUT2D eigenvalue weighted by atomic mass is 16.5. The lowest BCUT2D eigenvalue weighted by Gasteiger charge is -2.16. The van der Waals surface area contributed by atoms with Gasteiger partial charge in [0.1, 0.15) is 17.9 Å². The first-order valence-corrected chi connectivity index (χ1v) is 11.7. The molecule has 0 unspecified atom stereocenters. The number of ketones is 1. The van der Waals surface area contributed by atoms with Crippen LogP contribution in [0.4, 0.5) is 0 Å².